The molecule has 0 radical (unpaired) electrons. The predicted molar refractivity (Wildman–Crippen MR) is 89.9 cm³/mol. The van der Waals surface area contributed by atoms with Gasteiger partial charge in [-0.2, -0.15) is 0 Å². The van der Waals surface area contributed by atoms with Crippen molar-refractivity contribution in [3.63, 3.8) is 0 Å². The smallest absolute Gasteiger partial charge is 0.262 e. The van der Waals surface area contributed by atoms with E-state index in [0.29, 0.717) is 28.0 Å². The second-order valence-electron chi connectivity index (χ2n) is 4.74. The Kier molecular flexibility index (Phi) is 5.71. The van der Waals surface area contributed by atoms with Crippen molar-refractivity contribution < 1.29 is 19.0 Å². The van der Waals surface area contributed by atoms with E-state index in [0.717, 1.165) is 5.56 Å². The van der Waals surface area contributed by atoms with Crippen molar-refractivity contribution >= 4 is 23.2 Å². The zero-order valence-electron chi connectivity index (χ0n) is 13.2. The van der Waals surface area contributed by atoms with E-state index in [1.807, 2.05) is 6.92 Å². The van der Waals surface area contributed by atoms with Crippen LogP contribution < -0.4 is 19.5 Å². The zero-order valence-corrected chi connectivity index (χ0v) is 13.9. The molecule has 5 nitrogen and oxygen atoms in total. The van der Waals surface area contributed by atoms with Gasteiger partial charge in [0.25, 0.3) is 5.91 Å². The highest BCUT2D eigenvalue weighted by Crippen LogP contribution is 2.36. The fraction of sp³-hybridized carbons (Fsp3) is 0.235. The Labute approximate surface area is 140 Å². The van der Waals surface area contributed by atoms with E-state index < -0.39 is 0 Å². The number of carbonyl (C=O) groups excluding carboxylic acids is 1. The first-order valence-corrected chi connectivity index (χ1v) is 7.33. The molecule has 0 aliphatic carbocycles. The molecular formula is C17H18ClNO4. The van der Waals surface area contributed by atoms with E-state index in [2.05, 4.69) is 5.32 Å². The van der Waals surface area contributed by atoms with Crippen LogP contribution in [0.5, 0.6) is 17.2 Å². The third kappa shape index (κ3) is 4.07. The van der Waals surface area contributed by atoms with Crippen LogP contribution in [0.15, 0.2) is 36.4 Å². The fourth-order valence-corrected chi connectivity index (χ4v) is 2.22. The average Bonchev–Trinajstić information content (AvgIpc) is 2.56. The summed E-state index contributed by atoms with van der Waals surface area (Å²) in [6, 6.07) is 10.5. The summed E-state index contributed by atoms with van der Waals surface area (Å²) in [4.78, 5) is 12.1. The molecule has 2 aromatic rings. The van der Waals surface area contributed by atoms with Gasteiger partial charge in [0.1, 0.15) is 0 Å². The molecule has 1 N–H and O–H groups in total. The molecule has 122 valence electrons. The van der Waals surface area contributed by atoms with E-state index in [1.165, 1.54) is 14.2 Å². The molecule has 0 aromatic heterocycles. The van der Waals surface area contributed by atoms with Crippen molar-refractivity contribution in [1.82, 2.24) is 0 Å². The number of hydrogen-bond donors (Lipinski definition) is 1. The lowest BCUT2D eigenvalue weighted by Crippen LogP contribution is -2.20. The molecule has 23 heavy (non-hydrogen) atoms. The van der Waals surface area contributed by atoms with Gasteiger partial charge in [0.2, 0.25) is 5.75 Å². The Morgan fingerprint density at radius 3 is 2.48 bits per heavy atom. The number of hydrogen-bond acceptors (Lipinski definition) is 4. The van der Waals surface area contributed by atoms with Gasteiger partial charge < -0.3 is 19.5 Å². The van der Waals surface area contributed by atoms with Crippen LogP contribution in [0.2, 0.25) is 5.02 Å². The van der Waals surface area contributed by atoms with Crippen LogP contribution in [-0.4, -0.2) is 26.7 Å². The summed E-state index contributed by atoms with van der Waals surface area (Å²) in [5.41, 5.74) is 1.46. The van der Waals surface area contributed by atoms with Crippen molar-refractivity contribution in [3.05, 3.63) is 47.0 Å². The van der Waals surface area contributed by atoms with Crippen molar-refractivity contribution in [2.45, 2.75) is 6.92 Å². The maximum Gasteiger partial charge on any atom is 0.262 e. The Morgan fingerprint density at radius 2 is 1.78 bits per heavy atom. The van der Waals surface area contributed by atoms with Gasteiger partial charge in [0, 0.05) is 10.7 Å². The monoisotopic (exact) mass is 335 g/mol. The number of ether oxygens (including phenoxy) is 3. The Balaban J connectivity index is 2.04. The molecule has 0 atom stereocenters. The Hall–Kier alpha value is -2.40. The number of benzene rings is 2. The summed E-state index contributed by atoms with van der Waals surface area (Å²) in [6.45, 7) is 1.68. The molecular weight excluding hydrogens is 318 g/mol. The highest BCUT2D eigenvalue weighted by Gasteiger charge is 2.13. The first-order chi connectivity index (χ1) is 11.1. The lowest BCUT2D eigenvalue weighted by atomic mass is 10.2. The van der Waals surface area contributed by atoms with Gasteiger partial charge >= 0.3 is 0 Å². The molecule has 0 saturated carbocycles. The summed E-state index contributed by atoms with van der Waals surface area (Å²) in [6.07, 6.45) is 0. The largest absolute Gasteiger partial charge is 0.493 e. The number of anilines is 1. The summed E-state index contributed by atoms with van der Waals surface area (Å²) >= 11 is 6.03. The van der Waals surface area contributed by atoms with E-state index in [9.17, 15) is 4.79 Å². The first-order valence-electron chi connectivity index (χ1n) is 6.95. The van der Waals surface area contributed by atoms with E-state index in [-0.39, 0.29) is 12.5 Å². The molecule has 0 unspecified atom stereocenters. The molecule has 0 fully saturated rings. The molecule has 6 heteroatoms. The summed E-state index contributed by atoms with van der Waals surface area (Å²) in [5.74, 6) is 1.13. The number of amides is 1. The summed E-state index contributed by atoms with van der Waals surface area (Å²) in [5, 5.41) is 3.36. The van der Waals surface area contributed by atoms with Gasteiger partial charge in [0.15, 0.2) is 18.1 Å². The highest BCUT2D eigenvalue weighted by atomic mass is 35.5. The van der Waals surface area contributed by atoms with Crippen molar-refractivity contribution in [2.75, 3.05) is 26.1 Å². The second-order valence-corrected chi connectivity index (χ2v) is 5.15. The van der Waals surface area contributed by atoms with Crippen LogP contribution in [-0.2, 0) is 4.79 Å². The third-order valence-corrected chi connectivity index (χ3v) is 3.68. The van der Waals surface area contributed by atoms with Crippen molar-refractivity contribution in [2.24, 2.45) is 0 Å². The summed E-state index contributed by atoms with van der Waals surface area (Å²) in [7, 11) is 3.05. The molecule has 0 spiro atoms. The normalized spacial score (nSPS) is 10.1. The van der Waals surface area contributed by atoms with Crippen molar-refractivity contribution in [3.8, 4) is 17.2 Å². The third-order valence-electron chi connectivity index (χ3n) is 3.27. The molecule has 1 amide bonds. The van der Waals surface area contributed by atoms with Crippen LogP contribution in [0.1, 0.15) is 5.56 Å². The van der Waals surface area contributed by atoms with Gasteiger partial charge in [-0.3, -0.25) is 4.79 Å². The molecule has 0 heterocycles. The molecule has 0 saturated heterocycles. The number of carbonyl (C=O) groups is 1. The van der Waals surface area contributed by atoms with E-state index in [4.69, 9.17) is 25.8 Å². The van der Waals surface area contributed by atoms with Crippen LogP contribution in [0.3, 0.4) is 0 Å². The number of para-hydroxylation sites is 1. The van der Waals surface area contributed by atoms with Gasteiger partial charge in [-0.1, -0.05) is 23.7 Å². The Morgan fingerprint density at radius 1 is 1.09 bits per heavy atom. The molecule has 0 aliphatic rings. The van der Waals surface area contributed by atoms with Gasteiger partial charge in [0.05, 0.1) is 14.2 Å². The van der Waals surface area contributed by atoms with Crippen molar-refractivity contribution in [1.29, 1.82) is 0 Å². The average molecular weight is 336 g/mol. The minimum Gasteiger partial charge on any atom is -0.493 e. The topological polar surface area (TPSA) is 56.8 Å². The quantitative estimate of drug-likeness (QED) is 0.874. The minimum absolute atomic E-state index is 0.157. The molecule has 2 rings (SSSR count). The van der Waals surface area contributed by atoms with Crippen LogP contribution in [0, 0.1) is 6.92 Å². The zero-order chi connectivity index (χ0) is 16.8. The SMILES string of the molecule is COc1cccc(OCC(=O)Nc2cccc(Cl)c2C)c1OC. The lowest BCUT2D eigenvalue weighted by molar-refractivity contribution is -0.118. The standard InChI is InChI=1S/C17H18ClNO4/c1-11-12(18)6-4-7-13(11)19-16(20)10-23-15-9-5-8-14(21-2)17(15)22-3/h4-9H,10H2,1-3H3,(H,19,20). The summed E-state index contributed by atoms with van der Waals surface area (Å²) < 4.78 is 16.0. The fourth-order valence-electron chi connectivity index (χ4n) is 2.04. The van der Waals surface area contributed by atoms with E-state index in [1.54, 1.807) is 36.4 Å². The highest BCUT2D eigenvalue weighted by molar-refractivity contribution is 6.31. The van der Waals surface area contributed by atoms with E-state index >= 15 is 0 Å². The number of halogens is 1. The first kappa shape index (κ1) is 17.0. The number of methoxy groups -OCH3 is 2. The minimum atomic E-state index is -0.291. The second kappa shape index (κ2) is 7.74. The van der Waals surface area contributed by atoms with Gasteiger partial charge in [-0.15, -0.1) is 0 Å². The van der Waals surface area contributed by atoms with Crippen LogP contribution in [0.25, 0.3) is 0 Å². The number of rotatable bonds is 6. The molecule has 0 aliphatic heterocycles. The van der Waals surface area contributed by atoms with Gasteiger partial charge in [-0.05, 0) is 36.8 Å². The maximum absolute atomic E-state index is 12.1. The number of nitrogens with one attached hydrogen (secondary N) is 1. The molecule has 2 aromatic carbocycles. The Bertz CT molecular complexity index is 703. The van der Waals surface area contributed by atoms with Crippen LogP contribution >= 0.6 is 11.6 Å². The van der Waals surface area contributed by atoms with Gasteiger partial charge in [-0.25, -0.2) is 0 Å². The van der Waals surface area contributed by atoms with Crippen LogP contribution in [0.4, 0.5) is 5.69 Å². The predicted octanol–water partition coefficient (Wildman–Crippen LogP) is 3.68. The lowest BCUT2D eigenvalue weighted by Gasteiger charge is -2.14. The maximum atomic E-state index is 12.1. The molecule has 0 bridgehead atoms.